The summed E-state index contributed by atoms with van der Waals surface area (Å²) in [6.45, 7) is 3.39. The lowest BCUT2D eigenvalue weighted by molar-refractivity contribution is 0.211. The van der Waals surface area contributed by atoms with Crippen LogP contribution in [0.15, 0.2) is 88.2 Å². The van der Waals surface area contributed by atoms with Crippen molar-refractivity contribution in [2.75, 3.05) is 31.1 Å². The second kappa shape index (κ2) is 12.0. The first-order valence-corrected chi connectivity index (χ1v) is 15.6. The largest absolute Gasteiger partial charge is 0.457 e. The van der Waals surface area contributed by atoms with Crippen LogP contribution in [-0.4, -0.2) is 63.6 Å². The van der Waals surface area contributed by atoms with Crippen molar-refractivity contribution in [1.82, 2.24) is 23.9 Å². The van der Waals surface area contributed by atoms with E-state index < -0.39 is 16.1 Å². The maximum atomic E-state index is 13.5. The van der Waals surface area contributed by atoms with Crippen molar-refractivity contribution in [2.24, 2.45) is 0 Å². The number of aryl methyl sites for hydroxylation is 1. The Bertz CT molecular complexity index is 1760. The number of rotatable bonds is 8. The van der Waals surface area contributed by atoms with Crippen LogP contribution in [0.2, 0.25) is 0 Å². The van der Waals surface area contributed by atoms with Crippen molar-refractivity contribution in [3.05, 3.63) is 96.1 Å². The van der Waals surface area contributed by atoms with Crippen LogP contribution in [0, 0.1) is 6.92 Å². The van der Waals surface area contributed by atoms with Crippen molar-refractivity contribution < 1.29 is 22.7 Å². The monoisotopic (exact) mass is 604 g/mol. The van der Waals surface area contributed by atoms with E-state index in [9.17, 15) is 13.5 Å². The topological polar surface area (TPSA) is 135 Å². The number of nitrogens with zero attached hydrogens (tertiary/aromatic N) is 6. The first-order chi connectivity index (χ1) is 20.4. The second-order valence-corrected chi connectivity index (χ2v) is 12.4. The molecule has 1 fully saturated rings. The summed E-state index contributed by atoms with van der Waals surface area (Å²) in [6.07, 6.45) is -0.387. The van der Waals surface area contributed by atoms with E-state index in [1.165, 1.54) is 15.8 Å². The molecule has 5 aromatic rings. The molecule has 216 valence electrons. The van der Waals surface area contributed by atoms with E-state index in [2.05, 4.69) is 19.6 Å². The fraction of sp³-hybridized carbons (Fsp3) is 0.241. The van der Waals surface area contributed by atoms with Gasteiger partial charge in [0, 0.05) is 50.2 Å². The summed E-state index contributed by atoms with van der Waals surface area (Å²) < 4.78 is 44.2. The second-order valence-electron chi connectivity index (χ2n) is 9.72. The van der Waals surface area contributed by atoms with Gasteiger partial charge in [0.2, 0.25) is 26.9 Å². The summed E-state index contributed by atoms with van der Waals surface area (Å²) in [5.74, 6) is 2.37. The molecule has 3 heterocycles. The van der Waals surface area contributed by atoms with E-state index in [0.29, 0.717) is 59.8 Å². The molecule has 1 saturated heterocycles. The van der Waals surface area contributed by atoms with Gasteiger partial charge in [-0.15, -0.1) is 10.2 Å². The molecule has 0 radical (unpaired) electrons. The lowest BCUT2D eigenvalue weighted by atomic mass is 10.1. The zero-order valence-corrected chi connectivity index (χ0v) is 24.3. The first-order valence-electron chi connectivity index (χ1n) is 13.4. The SMILES string of the molecule is Cc1nnc(-c2cccc(S(=O)(=O)N3CCCN(c4nc(C(O)c5ccc(Oc6ccccc6)cc5)ns4)CC3)c2)o1. The summed E-state index contributed by atoms with van der Waals surface area (Å²) in [6, 6.07) is 23.2. The van der Waals surface area contributed by atoms with Gasteiger partial charge < -0.3 is 19.2 Å². The summed E-state index contributed by atoms with van der Waals surface area (Å²) >= 11 is 1.19. The van der Waals surface area contributed by atoms with Gasteiger partial charge in [-0.2, -0.15) is 8.68 Å². The third kappa shape index (κ3) is 6.04. The predicted octanol–water partition coefficient (Wildman–Crippen LogP) is 4.67. The number of sulfonamides is 1. The van der Waals surface area contributed by atoms with Crippen LogP contribution in [0.5, 0.6) is 11.5 Å². The van der Waals surface area contributed by atoms with Gasteiger partial charge in [0.25, 0.3) is 0 Å². The van der Waals surface area contributed by atoms with Gasteiger partial charge >= 0.3 is 0 Å². The summed E-state index contributed by atoms with van der Waals surface area (Å²) in [7, 11) is -3.75. The lowest BCUT2D eigenvalue weighted by Gasteiger charge is -2.21. The number of hydrogen-bond acceptors (Lipinski definition) is 11. The Morgan fingerprint density at radius 3 is 2.48 bits per heavy atom. The quantitative estimate of drug-likeness (QED) is 0.266. The molecular formula is C29H28N6O5S2. The number of aliphatic hydroxyl groups excluding tert-OH is 1. The highest BCUT2D eigenvalue weighted by atomic mass is 32.2. The van der Waals surface area contributed by atoms with Crippen molar-refractivity contribution in [2.45, 2.75) is 24.3 Å². The van der Waals surface area contributed by atoms with Gasteiger partial charge in [0.05, 0.1) is 4.90 Å². The van der Waals surface area contributed by atoms with Gasteiger partial charge in [-0.25, -0.2) is 13.4 Å². The molecule has 11 nitrogen and oxygen atoms in total. The van der Waals surface area contributed by atoms with Gasteiger partial charge in [0.1, 0.15) is 17.6 Å². The van der Waals surface area contributed by atoms with Gasteiger partial charge in [-0.3, -0.25) is 0 Å². The number of hydrogen-bond donors (Lipinski definition) is 1. The van der Waals surface area contributed by atoms with Crippen LogP contribution in [0.4, 0.5) is 5.13 Å². The molecule has 0 saturated carbocycles. The van der Waals surface area contributed by atoms with E-state index in [4.69, 9.17) is 9.15 Å². The Kier molecular flexibility index (Phi) is 7.98. The van der Waals surface area contributed by atoms with Crippen LogP contribution in [0.1, 0.15) is 29.8 Å². The number of anilines is 1. The van der Waals surface area contributed by atoms with Crippen LogP contribution >= 0.6 is 11.5 Å². The third-order valence-corrected chi connectivity index (χ3v) is 9.51. The summed E-state index contributed by atoms with van der Waals surface area (Å²) in [4.78, 5) is 6.78. The average molecular weight is 605 g/mol. The van der Waals surface area contributed by atoms with Crippen molar-refractivity contribution in [3.8, 4) is 23.0 Å². The number of ether oxygens (including phenoxy) is 1. The molecule has 6 rings (SSSR count). The highest BCUT2D eigenvalue weighted by molar-refractivity contribution is 7.89. The van der Waals surface area contributed by atoms with E-state index in [0.717, 1.165) is 5.75 Å². The molecule has 2 aromatic heterocycles. The molecule has 0 aliphatic carbocycles. The molecule has 0 amide bonds. The van der Waals surface area contributed by atoms with E-state index in [1.807, 2.05) is 35.2 Å². The zero-order chi connectivity index (χ0) is 29.1. The standard InChI is InChI=1S/C29H28N6O5S2/c1-20-31-32-28(39-20)22-7-5-10-25(19-22)42(37,38)35-16-6-15-34(17-18-35)29-30-27(33-41-29)26(36)21-11-13-24(14-12-21)40-23-8-3-2-4-9-23/h2-5,7-14,19,26,36H,6,15-18H2,1H3. The minimum atomic E-state index is -3.75. The molecule has 3 aromatic carbocycles. The maximum Gasteiger partial charge on any atom is 0.247 e. The predicted molar refractivity (Wildman–Crippen MR) is 157 cm³/mol. The number of para-hydroxylation sites is 1. The Labute approximate surface area is 247 Å². The highest BCUT2D eigenvalue weighted by Crippen LogP contribution is 2.29. The average Bonchev–Trinajstić information content (AvgIpc) is 3.61. The molecule has 1 atom stereocenters. The van der Waals surface area contributed by atoms with Crippen LogP contribution in [0.3, 0.4) is 0 Å². The molecule has 42 heavy (non-hydrogen) atoms. The molecule has 1 aliphatic rings. The number of benzene rings is 3. The van der Waals surface area contributed by atoms with Crippen molar-refractivity contribution >= 4 is 26.7 Å². The van der Waals surface area contributed by atoms with Gasteiger partial charge in [-0.1, -0.05) is 36.4 Å². The number of aliphatic hydroxyl groups is 1. The van der Waals surface area contributed by atoms with Crippen LogP contribution < -0.4 is 9.64 Å². The third-order valence-electron chi connectivity index (χ3n) is 6.82. The first kappa shape index (κ1) is 28.0. The lowest BCUT2D eigenvalue weighted by Crippen LogP contribution is -2.35. The molecule has 1 unspecified atom stereocenters. The molecule has 1 N–H and O–H groups in total. The summed E-state index contributed by atoms with van der Waals surface area (Å²) in [5, 5.41) is 19.4. The smallest absolute Gasteiger partial charge is 0.247 e. The molecule has 1 aliphatic heterocycles. The fourth-order valence-electron chi connectivity index (χ4n) is 4.64. The van der Waals surface area contributed by atoms with Crippen molar-refractivity contribution in [3.63, 3.8) is 0 Å². The normalized spacial score (nSPS) is 15.3. The van der Waals surface area contributed by atoms with Crippen LogP contribution in [-0.2, 0) is 10.0 Å². The molecule has 13 heteroatoms. The summed E-state index contributed by atoms with van der Waals surface area (Å²) in [5.41, 5.74) is 1.19. The molecule has 0 bridgehead atoms. The van der Waals surface area contributed by atoms with Crippen molar-refractivity contribution in [1.29, 1.82) is 0 Å². The Morgan fingerprint density at radius 2 is 1.71 bits per heavy atom. The maximum absolute atomic E-state index is 13.5. The number of aromatic nitrogens is 4. The Hall–Kier alpha value is -4.17. The zero-order valence-electron chi connectivity index (χ0n) is 22.7. The van der Waals surface area contributed by atoms with E-state index in [-0.39, 0.29) is 17.3 Å². The van der Waals surface area contributed by atoms with Gasteiger partial charge in [0.15, 0.2) is 5.82 Å². The van der Waals surface area contributed by atoms with E-state index in [1.54, 1.807) is 55.5 Å². The van der Waals surface area contributed by atoms with Gasteiger partial charge in [-0.05, 0) is 54.4 Å². The minimum absolute atomic E-state index is 0.172. The molecular weight excluding hydrogens is 576 g/mol. The highest BCUT2D eigenvalue weighted by Gasteiger charge is 2.29. The fourth-order valence-corrected chi connectivity index (χ4v) is 6.90. The van der Waals surface area contributed by atoms with E-state index >= 15 is 0 Å². The Morgan fingerprint density at radius 1 is 0.929 bits per heavy atom. The Balaban J connectivity index is 1.11. The molecule has 0 spiro atoms. The van der Waals surface area contributed by atoms with Crippen LogP contribution in [0.25, 0.3) is 11.5 Å². The minimum Gasteiger partial charge on any atom is -0.457 e.